The Labute approximate surface area is 113 Å². The minimum absolute atomic E-state index is 0.0630. The monoisotopic (exact) mass is 289 g/mol. The lowest BCUT2D eigenvalue weighted by atomic mass is 10.1. The molecule has 0 aliphatic rings. The predicted molar refractivity (Wildman–Crippen MR) is 72.5 cm³/mol. The molecule has 1 aromatic rings. The maximum atomic E-state index is 13.9. The van der Waals surface area contributed by atoms with Gasteiger partial charge >= 0.3 is 0 Å². The minimum Gasteiger partial charge on any atom is -0.313 e. The molecule has 2 N–H and O–H groups in total. The third-order valence-electron chi connectivity index (χ3n) is 2.48. The first-order chi connectivity index (χ1) is 8.77. The first-order valence-electron chi connectivity index (χ1n) is 5.97. The van der Waals surface area contributed by atoms with Crippen molar-refractivity contribution in [3.8, 4) is 0 Å². The highest BCUT2D eigenvalue weighted by Crippen LogP contribution is 2.19. The van der Waals surface area contributed by atoms with Crippen molar-refractivity contribution in [3.63, 3.8) is 0 Å². The van der Waals surface area contributed by atoms with Gasteiger partial charge in [0.1, 0.15) is 5.82 Å². The van der Waals surface area contributed by atoms with Crippen LogP contribution in [-0.4, -0.2) is 34.1 Å². The fourth-order valence-electron chi connectivity index (χ4n) is 1.64. The number of benzene rings is 1. The van der Waals surface area contributed by atoms with Gasteiger partial charge in [-0.25, -0.2) is 17.8 Å². The Morgan fingerprint density at radius 2 is 1.95 bits per heavy atom. The van der Waals surface area contributed by atoms with Crippen LogP contribution in [0.25, 0.3) is 0 Å². The van der Waals surface area contributed by atoms with E-state index in [1.54, 1.807) is 21.0 Å². The quantitative estimate of drug-likeness (QED) is 0.767. The molecule has 0 radical (unpaired) electrons. The maximum absolute atomic E-state index is 13.9. The average Bonchev–Trinajstić information content (AvgIpc) is 2.29. The van der Waals surface area contributed by atoms with E-state index >= 15 is 0 Å². The summed E-state index contributed by atoms with van der Waals surface area (Å²) in [5.74, 6) is -0.371. The van der Waals surface area contributed by atoms with E-state index in [0.29, 0.717) is 24.2 Å². The summed E-state index contributed by atoms with van der Waals surface area (Å²) in [4.78, 5) is 2.39. The summed E-state index contributed by atoms with van der Waals surface area (Å²) in [5, 5.41) is 4.32. The molecule has 0 bridgehead atoms. The van der Waals surface area contributed by atoms with Gasteiger partial charge in [-0.3, -0.25) is 0 Å². The Hall–Kier alpha value is -1.02. The van der Waals surface area contributed by atoms with Crippen LogP contribution >= 0.6 is 0 Å². The minimum atomic E-state index is -3.66. The Bertz CT molecular complexity index is 544. The van der Waals surface area contributed by atoms with Gasteiger partial charge < -0.3 is 5.32 Å². The number of rotatable bonds is 6. The van der Waals surface area contributed by atoms with Crippen LogP contribution in [0.3, 0.4) is 0 Å². The topological polar surface area (TPSA) is 61.4 Å². The average molecular weight is 289 g/mol. The third-order valence-corrected chi connectivity index (χ3v) is 3.94. The van der Waals surface area contributed by atoms with Gasteiger partial charge in [0.15, 0.2) is 0 Å². The number of hydrazine groups is 1. The SMILES string of the molecule is CCNCc1cc(S(=O)(=O)NN(C)C)cc(C)c1F. The van der Waals surface area contributed by atoms with Crippen molar-refractivity contribution >= 4 is 10.0 Å². The van der Waals surface area contributed by atoms with Crippen molar-refractivity contribution in [1.29, 1.82) is 0 Å². The molecule has 19 heavy (non-hydrogen) atoms. The van der Waals surface area contributed by atoms with Crippen LogP contribution < -0.4 is 10.1 Å². The van der Waals surface area contributed by atoms with Crippen molar-refractivity contribution in [1.82, 2.24) is 15.2 Å². The van der Waals surface area contributed by atoms with Gasteiger partial charge in [-0.1, -0.05) is 6.92 Å². The van der Waals surface area contributed by atoms with Crippen LogP contribution in [0.1, 0.15) is 18.1 Å². The van der Waals surface area contributed by atoms with Gasteiger partial charge in [-0.05, 0) is 31.2 Å². The largest absolute Gasteiger partial charge is 0.313 e. The highest BCUT2D eigenvalue weighted by molar-refractivity contribution is 7.89. The van der Waals surface area contributed by atoms with Crippen LogP contribution in [0, 0.1) is 12.7 Å². The van der Waals surface area contributed by atoms with Crippen LogP contribution in [0.5, 0.6) is 0 Å². The maximum Gasteiger partial charge on any atom is 0.253 e. The standard InChI is InChI=1S/C12H20FN3O2S/c1-5-14-8-10-7-11(6-9(2)12(10)13)19(17,18)15-16(3)4/h6-7,14-15H,5,8H2,1-4H3. The van der Waals surface area contributed by atoms with E-state index in [2.05, 4.69) is 10.1 Å². The second kappa shape index (κ2) is 6.42. The zero-order valence-electron chi connectivity index (χ0n) is 11.6. The number of hydrogen-bond acceptors (Lipinski definition) is 4. The Kier molecular flexibility index (Phi) is 5.42. The van der Waals surface area contributed by atoms with Crippen LogP contribution in [0.4, 0.5) is 4.39 Å². The first kappa shape index (κ1) is 16.0. The number of nitrogens with one attached hydrogen (secondary N) is 2. The number of hydrogen-bond donors (Lipinski definition) is 2. The number of aryl methyl sites for hydroxylation is 1. The number of sulfonamides is 1. The molecule has 0 aliphatic carbocycles. The van der Waals surface area contributed by atoms with Gasteiger partial charge in [0.25, 0.3) is 10.0 Å². The zero-order chi connectivity index (χ0) is 14.6. The summed E-state index contributed by atoms with van der Waals surface area (Å²) in [7, 11) is -0.511. The molecule has 0 spiro atoms. The molecule has 7 heteroatoms. The molecule has 0 heterocycles. The molecule has 0 fully saturated rings. The Balaban J connectivity index is 3.19. The lowest BCUT2D eigenvalue weighted by molar-refractivity contribution is 0.364. The van der Waals surface area contributed by atoms with Gasteiger partial charge in [-0.2, -0.15) is 0 Å². The molecule has 1 aromatic carbocycles. The van der Waals surface area contributed by atoms with Gasteiger partial charge in [-0.15, -0.1) is 4.83 Å². The summed E-state index contributed by atoms with van der Waals surface area (Å²) in [6.07, 6.45) is 0. The third kappa shape index (κ3) is 4.24. The molecule has 0 aliphatic heterocycles. The van der Waals surface area contributed by atoms with Crippen LogP contribution in [0.2, 0.25) is 0 Å². The van der Waals surface area contributed by atoms with E-state index in [0.717, 1.165) is 0 Å². The van der Waals surface area contributed by atoms with E-state index in [4.69, 9.17) is 0 Å². The summed E-state index contributed by atoms with van der Waals surface area (Å²) in [5.41, 5.74) is 0.663. The molecule has 0 amide bonds. The molecule has 0 atom stereocenters. The lowest BCUT2D eigenvalue weighted by Gasteiger charge is -2.15. The molecular formula is C12H20FN3O2S. The Morgan fingerprint density at radius 3 is 2.47 bits per heavy atom. The van der Waals surface area contributed by atoms with Crippen LogP contribution in [-0.2, 0) is 16.6 Å². The highest BCUT2D eigenvalue weighted by Gasteiger charge is 2.18. The van der Waals surface area contributed by atoms with E-state index in [9.17, 15) is 12.8 Å². The van der Waals surface area contributed by atoms with Crippen molar-refractivity contribution < 1.29 is 12.8 Å². The summed E-state index contributed by atoms with van der Waals surface area (Å²) in [6, 6.07) is 2.69. The highest BCUT2D eigenvalue weighted by atomic mass is 32.2. The summed E-state index contributed by atoms with van der Waals surface area (Å²) >= 11 is 0. The smallest absolute Gasteiger partial charge is 0.253 e. The lowest BCUT2D eigenvalue weighted by Crippen LogP contribution is -2.36. The molecule has 108 valence electrons. The fraction of sp³-hybridized carbons (Fsp3) is 0.500. The second-order valence-electron chi connectivity index (χ2n) is 4.48. The fourth-order valence-corrected chi connectivity index (χ4v) is 2.86. The molecule has 1 rings (SSSR count). The van der Waals surface area contributed by atoms with Crippen molar-refractivity contribution in [2.75, 3.05) is 20.6 Å². The molecule has 0 unspecified atom stereocenters. The van der Waals surface area contributed by atoms with E-state index in [-0.39, 0.29) is 10.7 Å². The number of nitrogens with zero attached hydrogens (tertiary/aromatic N) is 1. The van der Waals surface area contributed by atoms with E-state index in [1.165, 1.54) is 17.1 Å². The zero-order valence-corrected chi connectivity index (χ0v) is 12.4. The van der Waals surface area contributed by atoms with E-state index in [1.807, 2.05) is 6.92 Å². The normalized spacial score (nSPS) is 12.1. The predicted octanol–water partition coefficient (Wildman–Crippen LogP) is 0.999. The molecule has 0 aromatic heterocycles. The molecular weight excluding hydrogens is 269 g/mol. The molecule has 0 saturated heterocycles. The summed E-state index contributed by atoms with van der Waals surface area (Å²) < 4.78 is 38.0. The molecule has 0 saturated carbocycles. The van der Waals surface area contributed by atoms with Crippen molar-refractivity contribution in [2.45, 2.75) is 25.3 Å². The van der Waals surface area contributed by atoms with Gasteiger partial charge in [0, 0.05) is 26.2 Å². The first-order valence-corrected chi connectivity index (χ1v) is 7.45. The van der Waals surface area contributed by atoms with Gasteiger partial charge in [0.05, 0.1) is 4.90 Å². The van der Waals surface area contributed by atoms with Crippen LogP contribution in [0.15, 0.2) is 17.0 Å². The molecule has 5 nitrogen and oxygen atoms in total. The number of halogens is 1. The van der Waals surface area contributed by atoms with E-state index < -0.39 is 10.0 Å². The summed E-state index contributed by atoms with van der Waals surface area (Å²) in [6.45, 7) is 4.44. The second-order valence-corrected chi connectivity index (χ2v) is 6.14. The Morgan fingerprint density at radius 1 is 1.32 bits per heavy atom. The van der Waals surface area contributed by atoms with Crippen molar-refractivity contribution in [3.05, 3.63) is 29.1 Å². The van der Waals surface area contributed by atoms with Crippen molar-refractivity contribution in [2.24, 2.45) is 0 Å². The van der Waals surface area contributed by atoms with Gasteiger partial charge in [0.2, 0.25) is 0 Å².